The maximum Gasteiger partial charge on any atom is 0.238 e. The number of thioether (sulfide) groups is 1. The normalized spacial score (nSPS) is 16.4. The summed E-state index contributed by atoms with van der Waals surface area (Å²) in [6, 6.07) is 13.0. The third-order valence-electron chi connectivity index (χ3n) is 4.71. The average molecular weight is 429 g/mol. The molecule has 0 spiro atoms. The van der Waals surface area contributed by atoms with Crippen molar-refractivity contribution < 1.29 is 19.1 Å². The van der Waals surface area contributed by atoms with Gasteiger partial charge in [0.25, 0.3) is 0 Å². The van der Waals surface area contributed by atoms with Crippen LogP contribution in [0.5, 0.6) is 11.5 Å². The molecule has 1 aliphatic heterocycles. The standard InChI is InChI=1S/C23H28N2O4S/c1-14(2)13-29-18-10-9-16(11-19(18)28-4)15(3)24-22(26)12-21-23(27)25-17-7-5-6-8-20(17)30-21/h5-11,14-15,21H,12-13H2,1-4H3,(H,24,26)(H,25,27). The van der Waals surface area contributed by atoms with Crippen LogP contribution in [0.3, 0.4) is 0 Å². The molecular formula is C23H28N2O4S. The fourth-order valence-corrected chi connectivity index (χ4v) is 4.22. The Morgan fingerprint density at radius 3 is 2.67 bits per heavy atom. The molecule has 160 valence electrons. The molecule has 2 amide bonds. The van der Waals surface area contributed by atoms with Gasteiger partial charge in [0, 0.05) is 11.3 Å². The lowest BCUT2D eigenvalue weighted by atomic mass is 10.1. The highest BCUT2D eigenvalue weighted by Gasteiger charge is 2.29. The van der Waals surface area contributed by atoms with Crippen LogP contribution in [0.2, 0.25) is 0 Å². The van der Waals surface area contributed by atoms with Crippen molar-refractivity contribution in [2.45, 2.75) is 43.4 Å². The maximum atomic E-state index is 12.6. The molecule has 1 heterocycles. The van der Waals surface area contributed by atoms with Gasteiger partial charge in [-0.2, -0.15) is 0 Å². The minimum absolute atomic E-state index is 0.113. The second kappa shape index (κ2) is 9.89. The Morgan fingerprint density at radius 1 is 1.17 bits per heavy atom. The van der Waals surface area contributed by atoms with E-state index in [0.717, 1.165) is 16.1 Å². The second-order valence-electron chi connectivity index (χ2n) is 7.70. The van der Waals surface area contributed by atoms with Gasteiger partial charge < -0.3 is 20.1 Å². The largest absolute Gasteiger partial charge is 0.493 e. The van der Waals surface area contributed by atoms with E-state index in [2.05, 4.69) is 24.5 Å². The van der Waals surface area contributed by atoms with Gasteiger partial charge in [-0.1, -0.05) is 32.0 Å². The summed E-state index contributed by atoms with van der Waals surface area (Å²) in [6.07, 6.45) is 0.113. The Balaban J connectivity index is 1.61. The minimum atomic E-state index is -0.451. The predicted molar refractivity (Wildman–Crippen MR) is 119 cm³/mol. The van der Waals surface area contributed by atoms with E-state index in [1.54, 1.807) is 7.11 Å². The summed E-state index contributed by atoms with van der Waals surface area (Å²) in [6.45, 7) is 6.68. The van der Waals surface area contributed by atoms with Gasteiger partial charge in [0.15, 0.2) is 11.5 Å². The van der Waals surface area contributed by atoms with Crippen LogP contribution in [-0.4, -0.2) is 30.8 Å². The van der Waals surface area contributed by atoms with Crippen LogP contribution in [0.25, 0.3) is 0 Å². The Bertz CT molecular complexity index is 916. The number of hydrogen-bond donors (Lipinski definition) is 2. The fraction of sp³-hybridized carbons (Fsp3) is 0.391. The molecule has 0 saturated carbocycles. The van der Waals surface area contributed by atoms with E-state index in [4.69, 9.17) is 9.47 Å². The number of fused-ring (bicyclic) bond motifs is 1. The predicted octanol–water partition coefficient (Wildman–Crippen LogP) is 4.41. The van der Waals surface area contributed by atoms with Crippen molar-refractivity contribution in [1.29, 1.82) is 0 Å². The second-order valence-corrected chi connectivity index (χ2v) is 8.94. The molecule has 1 aliphatic rings. The lowest BCUT2D eigenvalue weighted by Crippen LogP contribution is -2.35. The zero-order valence-electron chi connectivity index (χ0n) is 17.7. The van der Waals surface area contributed by atoms with Gasteiger partial charge in [-0.25, -0.2) is 0 Å². The molecule has 0 aromatic heterocycles. The van der Waals surface area contributed by atoms with Crippen molar-refractivity contribution in [2.24, 2.45) is 5.92 Å². The lowest BCUT2D eigenvalue weighted by Gasteiger charge is -2.24. The number of methoxy groups -OCH3 is 1. The van der Waals surface area contributed by atoms with E-state index in [1.807, 2.05) is 49.4 Å². The molecule has 7 heteroatoms. The van der Waals surface area contributed by atoms with E-state index in [-0.39, 0.29) is 24.3 Å². The van der Waals surface area contributed by atoms with E-state index >= 15 is 0 Å². The van der Waals surface area contributed by atoms with Crippen molar-refractivity contribution in [3.63, 3.8) is 0 Å². The highest BCUT2D eigenvalue weighted by molar-refractivity contribution is 8.01. The molecule has 2 aromatic carbocycles. The van der Waals surface area contributed by atoms with Crippen LogP contribution in [0.15, 0.2) is 47.4 Å². The van der Waals surface area contributed by atoms with Gasteiger partial charge in [-0.3, -0.25) is 9.59 Å². The van der Waals surface area contributed by atoms with Gasteiger partial charge in [-0.15, -0.1) is 11.8 Å². The molecule has 6 nitrogen and oxygen atoms in total. The number of carbonyl (C=O) groups is 2. The average Bonchev–Trinajstić information content (AvgIpc) is 2.72. The molecule has 2 aromatic rings. The minimum Gasteiger partial charge on any atom is -0.493 e. The molecule has 0 radical (unpaired) electrons. The third-order valence-corrected chi connectivity index (χ3v) is 5.99. The summed E-state index contributed by atoms with van der Waals surface area (Å²) in [5.74, 6) is 1.41. The fourth-order valence-electron chi connectivity index (χ4n) is 3.11. The maximum absolute atomic E-state index is 12.6. The summed E-state index contributed by atoms with van der Waals surface area (Å²) in [5, 5.41) is 5.40. The third kappa shape index (κ3) is 5.48. The highest BCUT2D eigenvalue weighted by atomic mass is 32.2. The van der Waals surface area contributed by atoms with Crippen molar-refractivity contribution in [3.05, 3.63) is 48.0 Å². The molecule has 0 bridgehead atoms. The zero-order chi connectivity index (χ0) is 21.7. The van der Waals surface area contributed by atoms with Gasteiger partial charge in [-0.05, 0) is 42.7 Å². The first-order chi connectivity index (χ1) is 14.4. The monoisotopic (exact) mass is 428 g/mol. The lowest BCUT2D eigenvalue weighted by molar-refractivity contribution is -0.124. The molecule has 0 aliphatic carbocycles. The number of para-hydroxylation sites is 1. The number of benzene rings is 2. The number of amides is 2. The summed E-state index contributed by atoms with van der Waals surface area (Å²) < 4.78 is 11.2. The Kier molecular flexibility index (Phi) is 7.26. The first kappa shape index (κ1) is 22.0. The summed E-state index contributed by atoms with van der Waals surface area (Å²) in [5.41, 5.74) is 1.70. The molecule has 3 rings (SSSR count). The van der Waals surface area contributed by atoms with Crippen molar-refractivity contribution in [1.82, 2.24) is 5.32 Å². The summed E-state index contributed by atoms with van der Waals surface area (Å²) in [7, 11) is 1.60. The molecule has 2 unspecified atom stereocenters. The van der Waals surface area contributed by atoms with Gasteiger partial charge >= 0.3 is 0 Å². The van der Waals surface area contributed by atoms with E-state index in [1.165, 1.54) is 11.8 Å². The van der Waals surface area contributed by atoms with Crippen LogP contribution < -0.4 is 20.1 Å². The Labute approximate surface area is 181 Å². The van der Waals surface area contributed by atoms with Gasteiger partial charge in [0.05, 0.1) is 30.7 Å². The molecule has 30 heavy (non-hydrogen) atoms. The topological polar surface area (TPSA) is 76.7 Å². The van der Waals surface area contributed by atoms with Crippen molar-refractivity contribution in [3.8, 4) is 11.5 Å². The van der Waals surface area contributed by atoms with Gasteiger partial charge in [0.2, 0.25) is 11.8 Å². The van der Waals surface area contributed by atoms with Crippen LogP contribution in [0, 0.1) is 5.92 Å². The molecule has 0 fully saturated rings. The number of rotatable bonds is 8. The van der Waals surface area contributed by atoms with Gasteiger partial charge in [0.1, 0.15) is 0 Å². The molecular weight excluding hydrogens is 400 g/mol. The number of nitrogens with one attached hydrogen (secondary N) is 2. The van der Waals surface area contributed by atoms with Crippen LogP contribution in [0.1, 0.15) is 38.8 Å². The van der Waals surface area contributed by atoms with Crippen LogP contribution >= 0.6 is 11.8 Å². The summed E-state index contributed by atoms with van der Waals surface area (Å²) in [4.78, 5) is 25.9. The van der Waals surface area contributed by atoms with E-state index in [0.29, 0.717) is 24.0 Å². The van der Waals surface area contributed by atoms with Crippen LogP contribution in [-0.2, 0) is 9.59 Å². The van der Waals surface area contributed by atoms with E-state index in [9.17, 15) is 9.59 Å². The highest BCUT2D eigenvalue weighted by Crippen LogP contribution is 2.36. The van der Waals surface area contributed by atoms with Crippen molar-refractivity contribution in [2.75, 3.05) is 19.0 Å². The quantitative estimate of drug-likeness (QED) is 0.651. The summed E-state index contributed by atoms with van der Waals surface area (Å²) >= 11 is 1.42. The molecule has 2 atom stereocenters. The smallest absolute Gasteiger partial charge is 0.238 e. The number of anilines is 1. The number of carbonyl (C=O) groups excluding carboxylic acids is 2. The molecule has 0 saturated heterocycles. The van der Waals surface area contributed by atoms with Crippen LogP contribution in [0.4, 0.5) is 5.69 Å². The number of ether oxygens (including phenoxy) is 2. The Hall–Kier alpha value is -2.67. The first-order valence-corrected chi connectivity index (χ1v) is 10.9. The first-order valence-electron chi connectivity index (χ1n) is 10.0. The Morgan fingerprint density at radius 2 is 1.93 bits per heavy atom. The zero-order valence-corrected chi connectivity index (χ0v) is 18.5. The van der Waals surface area contributed by atoms with Crippen molar-refractivity contribution >= 4 is 29.3 Å². The van der Waals surface area contributed by atoms with E-state index < -0.39 is 5.25 Å². The number of hydrogen-bond acceptors (Lipinski definition) is 5. The SMILES string of the molecule is COc1cc(C(C)NC(=O)CC2Sc3ccccc3NC2=O)ccc1OCC(C)C. The molecule has 2 N–H and O–H groups in total.